The van der Waals surface area contributed by atoms with Gasteiger partial charge < -0.3 is 14.8 Å². The summed E-state index contributed by atoms with van der Waals surface area (Å²) in [5.74, 6) is 1.83. The highest BCUT2D eigenvalue weighted by atomic mass is 16.5. The second-order valence-electron chi connectivity index (χ2n) is 5.09. The molecule has 0 aliphatic heterocycles. The molecule has 1 N–H and O–H groups in total. The highest BCUT2D eigenvalue weighted by molar-refractivity contribution is 5.58. The highest BCUT2D eigenvalue weighted by Crippen LogP contribution is 2.27. The average Bonchev–Trinajstić information content (AvgIpc) is 2.47. The molecule has 3 heteroatoms. The Labute approximate surface area is 126 Å². The zero-order valence-electron chi connectivity index (χ0n) is 13.2. The van der Waals surface area contributed by atoms with E-state index in [9.17, 15) is 0 Å². The number of hydrogen-bond donors (Lipinski definition) is 1. The standard InChI is InChI=1S/C18H23NO2/c1-5-21-18-10-13(2)6-8-16(18)19-12-15-7-9-17(20-4)14(3)11-15/h6-11,19H,5,12H2,1-4H3. The van der Waals surface area contributed by atoms with Crippen molar-refractivity contribution >= 4 is 5.69 Å². The van der Waals surface area contributed by atoms with Crippen molar-refractivity contribution in [1.29, 1.82) is 0 Å². The Bertz CT molecular complexity index is 608. The third-order valence-corrected chi connectivity index (χ3v) is 3.38. The van der Waals surface area contributed by atoms with Crippen molar-refractivity contribution in [2.45, 2.75) is 27.3 Å². The third kappa shape index (κ3) is 3.91. The van der Waals surface area contributed by atoms with Crippen LogP contribution < -0.4 is 14.8 Å². The zero-order valence-corrected chi connectivity index (χ0v) is 13.2. The average molecular weight is 285 g/mol. The molecule has 2 aromatic rings. The lowest BCUT2D eigenvalue weighted by Gasteiger charge is -2.14. The molecule has 0 aromatic heterocycles. The third-order valence-electron chi connectivity index (χ3n) is 3.38. The Kier molecular flexibility index (Phi) is 5.09. The summed E-state index contributed by atoms with van der Waals surface area (Å²) in [6.45, 7) is 7.55. The van der Waals surface area contributed by atoms with Crippen molar-refractivity contribution in [2.75, 3.05) is 19.0 Å². The van der Waals surface area contributed by atoms with E-state index in [1.54, 1.807) is 7.11 Å². The van der Waals surface area contributed by atoms with E-state index in [1.807, 2.05) is 13.0 Å². The fourth-order valence-corrected chi connectivity index (χ4v) is 2.30. The van der Waals surface area contributed by atoms with Crippen LogP contribution >= 0.6 is 0 Å². The molecule has 112 valence electrons. The molecule has 0 saturated carbocycles. The minimum absolute atomic E-state index is 0.666. The monoisotopic (exact) mass is 285 g/mol. The Morgan fingerprint density at radius 2 is 1.81 bits per heavy atom. The van der Waals surface area contributed by atoms with Gasteiger partial charge in [0.2, 0.25) is 0 Å². The quantitative estimate of drug-likeness (QED) is 0.857. The number of benzene rings is 2. The van der Waals surface area contributed by atoms with E-state index in [-0.39, 0.29) is 0 Å². The summed E-state index contributed by atoms with van der Waals surface area (Å²) in [6, 6.07) is 12.4. The number of nitrogens with one attached hydrogen (secondary N) is 1. The lowest BCUT2D eigenvalue weighted by molar-refractivity contribution is 0.341. The SMILES string of the molecule is CCOc1cc(C)ccc1NCc1ccc(OC)c(C)c1. The van der Waals surface area contributed by atoms with E-state index in [2.05, 4.69) is 49.5 Å². The van der Waals surface area contributed by atoms with Gasteiger partial charge in [-0.1, -0.05) is 18.2 Å². The first-order valence-electron chi connectivity index (χ1n) is 7.25. The minimum atomic E-state index is 0.666. The molecule has 0 heterocycles. The molecule has 0 unspecified atom stereocenters. The number of aryl methyl sites for hydroxylation is 2. The maximum absolute atomic E-state index is 5.68. The summed E-state index contributed by atoms with van der Waals surface area (Å²) < 4.78 is 11.0. The Balaban J connectivity index is 2.10. The smallest absolute Gasteiger partial charge is 0.142 e. The van der Waals surface area contributed by atoms with Crippen molar-refractivity contribution in [3.63, 3.8) is 0 Å². The summed E-state index contributed by atoms with van der Waals surface area (Å²) in [4.78, 5) is 0. The van der Waals surface area contributed by atoms with Crippen LogP contribution in [0.3, 0.4) is 0 Å². The van der Waals surface area contributed by atoms with Crippen LogP contribution in [0.15, 0.2) is 36.4 Å². The van der Waals surface area contributed by atoms with Gasteiger partial charge in [0.15, 0.2) is 0 Å². The molecule has 3 nitrogen and oxygen atoms in total. The first-order valence-corrected chi connectivity index (χ1v) is 7.25. The number of hydrogen-bond acceptors (Lipinski definition) is 3. The van der Waals surface area contributed by atoms with E-state index in [0.717, 1.165) is 29.3 Å². The van der Waals surface area contributed by atoms with Gasteiger partial charge in [0.1, 0.15) is 11.5 Å². The molecule has 0 atom stereocenters. The highest BCUT2D eigenvalue weighted by Gasteiger charge is 2.05. The van der Waals surface area contributed by atoms with Crippen molar-refractivity contribution in [2.24, 2.45) is 0 Å². The van der Waals surface area contributed by atoms with E-state index in [4.69, 9.17) is 9.47 Å². The van der Waals surface area contributed by atoms with E-state index < -0.39 is 0 Å². The van der Waals surface area contributed by atoms with Crippen LogP contribution in [0.4, 0.5) is 5.69 Å². The van der Waals surface area contributed by atoms with Crippen LogP contribution in [0, 0.1) is 13.8 Å². The topological polar surface area (TPSA) is 30.5 Å². The summed E-state index contributed by atoms with van der Waals surface area (Å²) in [5.41, 5.74) is 4.59. The van der Waals surface area contributed by atoms with Crippen molar-refractivity contribution < 1.29 is 9.47 Å². The number of methoxy groups -OCH3 is 1. The Morgan fingerprint density at radius 3 is 2.48 bits per heavy atom. The maximum Gasteiger partial charge on any atom is 0.142 e. The molecule has 21 heavy (non-hydrogen) atoms. The van der Waals surface area contributed by atoms with Gasteiger partial charge >= 0.3 is 0 Å². The molecule has 0 aliphatic rings. The van der Waals surface area contributed by atoms with E-state index in [1.165, 1.54) is 11.1 Å². The molecular formula is C18H23NO2. The van der Waals surface area contributed by atoms with Gasteiger partial charge in [0.25, 0.3) is 0 Å². The fourth-order valence-electron chi connectivity index (χ4n) is 2.30. The summed E-state index contributed by atoms with van der Waals surface area (Å²) >= 11 is 0. The van der Waals surface area contributed by atoms with Gasteiger partial charge in [-0.15, -0.1) is 0 Å². The Hall–Kier alpha value is -2.16. The molecule has 0 spiro atoms. The summed E-state index contributed by atoms with van der Waals surface area (Å²) in [5, 5.41) is 3.44. The summed E-state index contributed by atoms with van der Waals surface area (Å²) in [6.07, 6.45) is 0. The lowest BCUT2D eigenvalue weighted by atomic mass is 10.1. The molecule has 2 rings (SSSR count). The Morgan fingerprint density at radius 1 is 1.00 bits per heavy atom. The molecule has 0 aliphatic carbocycles. The molecule has 0 fully saturated rings. The van der Waals surface area contributed by atoms with Crippen LogP contribution in [0.5, 0.6) is 11.5 Å². The first kappa shape index (κ1) is 15.2. The van der Waals surface area contributed by atoms with Crippen LogP contribution in [-0.2, 0) is 6.54 Å². The largest absolute Gasteiger partial charge is 0.496 e. The number of rotatable bonds is 6. The normalized spacial score (nSPS) is 10.3. The molecule has 0 amide bonds. The van der Waals surface area contributed by atoms with Crippen molar-refractivity contribution in [3.05, 3.63) is 53.1 Å². The van der Waals surface area contributed by atoms with Crippen LogP contribution in [0.2, 0.25) is 0 Å². The van der Waals surface area contributed by atoms with E-state index in [0.29, 0.717) is 6.61 Å². The van der Waals surface area contributed by atoms with Gasteiger partial charge in [0.05, 0.1) is 19.4 Å². The lowest BCUT2D eigenvalue weighted by Crippen LogP contribution is -2.03. The minimum Gasteiger partial charge on any atom is -0.496 e. The molecule has 0 bridgehead atoms. The van der Waals surface area contributed by atoms with Gasteiger partial charge in [-0.3, -0.25) is 0 Å². The van der Waals surface area contributed by atoms with Crippen LogP contribution in [-0.4, -0.2) is 13.7 Å². The molecular weight excluding hydrogens is 262 g/mol. The second kappa shape index (κ2) is 7.02. The van der Waals surface area contributed by atoms with Gasteiger partial charge in [-0.25, -0.2) is 0 Å². The molecule has 2 aromatic carbocycles. The predicted molar refractivity (Wildman–Crippen MR) is 87.4 cm³/mol. The summed E-state index contributed by atoms with van der Waals surface area (Å²) in [7, 11) is 1.70. The van der Waals surface area contributed by atoms with Crippen LogP contribution in [0.1, 0.15) is 23.6 Å². The van der Waals surface area contributed by atoms with Gasteiger partial charge in [-0.2, -0.15) is 0 Å². The fraction of sp³-hybridized carbons (Fsp3) is 0.333. The second-order valence-corrected chi connectivity index (χ2v) is 5.09. The van der Waals surface area contributed by atoms with E-state index >= 15 is 0 Å². The van der Waals surface area contributed by atoms with Crippen molar-refractivity contribution in [1.82, 2.24) is 0 Å². The van der Waals surface area contributed by atoms with Gasteiger partial charge in [0, 0.05) is 6.54 Å². The number of anilines is 1. The first-order chi connectivity index (χ1) is 10.1. The molecule has 0 saturated heterocycles. The molecule has 0 radical (unpaired) electrons. The maximum atomic E-state index is 5.68. The van der Waals surface area contributed by atoms with Crippen molar-refractivity contribution in [3.8, 4) is 11.5 Å². The van der Waals surface area contributed by atoms with Gasteiger partial charge in [-0.05, 0) is 55.7 Å². The van der Waals surface area contributed by atoms with Crippen LogP contribution in [0.25, 0.3) is 0 Å². The number of ether oxygens (including phenoxy) is 2. The predicted octanol–water partition coefficient (Wildman–Crippen LogP) is 4.32. The zero-order chi connectivity index (χ0) is 15.2.